The SMILES string of the molecule is CCCCCN1C(=O)C(Cl)=C(c2ccc([N+](=O)[O-])cc2)C1=O. The molecule has 0 N–H and O–H groups in total. The number of nitro groups is 1. The van der Waals surface area contributed by atoms with Crippen molar-refractivity contribution in [2.75, 3.05) is 6.54 Å². The van der Waals surface area contributed by atoms with Crippen LogP contribution >= 0.6 is 11.6 Å². The summed E-state index contributed by atoms with van der Waals surface area (Å²) in [6, 6.07) is 5.42. The zero-order valence-corrected chi connectivity index (χ0v) is 12.8. The van der Waals surface area contributed by atoms with Gasteiger partial charge >= 0.3 is 0 Å². The maximum atomic E-state index is 12.4. The molecule has 2 rings (SSSR count). The molecule has 1 aromatic carbocycles. The fourth-order valence-electron chi connectivity index (χ4n) is 2.27. The smallest absolute Gasteiger partial charge is 0.273 e. The summed E-state index contributed by atoms with van der Waals surface area (Å²) in [4.78, 5) is 35.7. The first-order valence-electron chi connectivity index (χ1n) is 6.98. The van der Waals surface area contributed by atoms with Gasteiger partial charge in [0.05, 0.1) is 10.5 Å². The second kappa shape index (κ2) is 6.70. The molecule has 0 unspecified atom stereocenters. The van der Waals surface area contributed by atoms with Gasteiger partial charge in [-0.1, -0.05) is 31.4 Å². The highest BCUT2D eigenvalue weighted by Gasteiger charge is 2.37. The molecule has 0 bridgehead atoms. The van der Waals surface area contributed by atoms with Gasteiger partial charge < -0.3 is 0 Å². The molecule has 22 heavy (non-hydrogen) atoms. The summed E-state index contributed by atoms with van der Waals surface area (Å²) >= 11 is 6.00. The van der Waals surface area contributed by atoms with Crippen LogP contribution in [0.3, 0.4) is 0 Å². The molecule has 6 nitrogen and oxygen atoms in total. The Morgan fingerprint density at radius 1 is 1.14 bits per heavy atom. The highest BCUT2D eigenvalue weighted by molar-refractivity contribution is 6.55. The fourth-order valence-corrected chi connectivity index (χ4v) is 2.56. The molecule has 0 aliphatic carbocycles. The summed E-state index contributed by atoms with van der Waals surface area (Å²) < 4.78 is 0. The number of nitro benzene ring substituents is 1. The zero-order valence-electron chi connectivity index (χ0n) is 12.0. The minimum Gasteiger partial charge on any atom is -0.274 e. The lowest BCUT2D eigenvalue weighted by atomic mass is 10.1. The lowest BCUT2D eigenvalue weighted by molar-refractivity contribution is -0.384. The van der Waals surface area contributed by atoms with Crippen LogP contribution in [0.5, 0.6) is 0 Å². The number of nitrogens with zero attached hydrogens (tertiary/aromatic N) is 2. The van der Waals surface area contributed by atoms with Gasteiger partial charge in [-0.15, -0.1) is 0 Å². The Morgan fingerprint density at radius 2 is 1.77 bits per heavy atom. The maximum absolute atomic E-state index is 12.4. The molecule has 1 aliphatic rings. The van der Waals surface area contributed by atoms with Gasteiger partial charge in [-0.2, -0.15) is 0 Å². The number of non-ortho nitro benzene ring substituents is 1. The van der Waals surface area contributed by atoms with Gasteiger partial charge in [0, 0.05) is 18.7 Å². The Balaban J connectivity index is 2.25. The van der Waals surface area contributed by atoms with Crippen molar-refractivity contribution in [2.24, 2.45) is 0 Å². The quantitative estimate of drug-likeness (QED) is 0.349. The predicted octanol–water partition coefficient (Wildman–Crippen LogP) is 3.10. The van der Waals surface area contributed by atoms with Gasteiger partial charge in [0.25, 0.3) is 17.5 Å². The number of hydrogen-bond donors (Lipinski definition) is 0. The van der Waals surface area contributed by atoms with E-state index in [0.717, 1.165) is 24.2 Å². The summed E-state index contributed by atoms with van der Waals surface area (Å²) in [5.41, 5.74) is 0.432. The van der Waals surface area contributed by atoms with E-state index in [-0.39, 0.29) is 16.3 Å². The second-order valence-corrected chi connectivity index (χ2v) is 5.34. The van der Waals surface area contributed by atoms with E-state index in [0.29, 0.717) is 12.1 Å². The van der Waals surface area contributed by atoms with E-state index >= 15 is 0 Å². The molecule has 1 heterocycles. The molecule has 7 heteroatoms. The molecule has 0 spiro atoms. The number of hydrogen-bond acceptors (Lipinski definition) is 4. The molecule has 2 amide bonds. The van der Waals surface area contributed by atoms with Crippen molar-refractivity contribution < 1.29 is 14.5 Å². The summed E-state index contributed by atoms with van der Waals surface area (Å²) in [6.07, 6.45) is 2.62. The van der Waals surface area contributed by atoms with Crippen molar-refractivity contribution in [2.45, 2.75) is 26.2 Å². The molecular weight excluding hydrogens is 308 g/mol. The molecule has 0 atom stereocenters. The van der Waals surface area contributed by atoms with Gasteiger partial charge in [-0.3, -0.25) is 24.6 Å². The second-order valence-electron chi connectivity index (χ2n) is 4.96. The molecule has 1 aliphatic heterocycles. The van der Waals surface area contributed by atoms with E-state index in [2.05, 4.69) is 0 Å². The molecule has 1 aromatic rings. The molecular formula is C15H15ClN2O4. The van der Waals surface area contributed by atoms with Crippen molar-refractivity contribution in [3.63, 3.8) is 0 Å². The molecule has 0 saturated heterocycles. The fraction of sp³-hybridized carbons (Fsp3) is 0.333. The summed E-state index contributed by atoms with van der Waals surface area (Å²) in [7, 11) is 0. The lowest BCUT2D eigenvalue weighted by Gasteiger charge is -2.14. The number of benzene rings is 1. The third-order valence-corrected chi connectivity index (χ3v) is 3.81. The number of halogens is 1. The normalized spacial score (nSPS) is 14.9. The number of amides is 2. The van der Waals surface area contributed by atoms with Crippen LogP contribution in [0.1, 0.15) is 31.7 Å². The van der Waals surface area contributed by atoms with Crippen LogP contribution in [0.15, 0.2) is 29.3 Å². The van der Waals surface area contributed by atoms with E-state index < -0.39 is 16.7 Å². The summed E-state index contributed by atoms with van der Waals surface area (Å²) in [5, 5.41) is 10.5. The summed E-state index contributed by atoms with van der Waals surface area (Å²) in [5.74, 6) is -0.948. The van der Waals surface area contributed by atoms with Crippen LogP contribution < -0.4 is 0 Å². The minimum absolute atomic E-state index is 0.0861. The van der Waals surface area contributed by atoms with Crippen LogP contribution in [-0.2, 0) is 9.59 Å². The van der Waals surface area contributed by atoms with Crippen molar-refractivity contribution >= 4 is 34.7 Å². The van der Waals surface area contributed by atoms with E-state index in [1.807, 2.05) is 6.92 Å². The third-order valence-electron chi connectivity index (χ3n) is 3.46. The van der Waals surface area contributed by atoms with E-state index in [9.17, 15) is 19.7 Å². The van der Waals surface area contributed by atoms with Crippen LogP contribution in [0.4, 0.5) is 5.69 Å². The molecule has 0 aromatic heterocycles. The van der Waals surface area contributed by atoms with Gasteiger partial charge in [-0.05, 0) is 24.1 Å². The highest BCUT2D eigenvalue weighted by atomic mass is 35.5. The van der Waals surface area contributed by atoms with Gasteiger partial charge in [0.1, 0.15) is 5.03 Å². The van der Waals surface area contributed by atoms with Crippen LogP contribution in [0.25, 0.3) is 5.57 Å². The number of rotatable bonds is 6. The number of carbonyl (C=O) groups is 2. The van der Waals surface area contributed by atoms with Crippen LogP contribution in [0.2, 0.25) is 0 Å². The van der Waals surface area contributed by atoms with Crippen LogP contribution in [0, 0.1) is 10.1 Å². The Bertz CT molecular complexity index is 652. The highest BCUT2D eigenvalue weighted by Crippen LogP contribution is 2.32. The molecule has 0 saturated carbocycles. The largest absolute Gasteiger partial charge is 0.274 e. The Hall–Kier alpha value is -2.21. The van der Waals surface area contributed by atoms with Crippen molar-refractivity contribution in [3.05, 3.63) is 45.0 Å². The average molecular weight is 323 g/mol. The Morgan fingerprint density at radius 3 is 2.32 bits per heavy atom. The van der Waals surface area contributed by atoms with Crippen molar-refractivity contribution in [3.8, 4) is 0 Å². The molecule has 0 radical (unpaired) electrons. The van der Waals surface area contributed by atoms with Gasteiger partial charge in [0.2, 0.25) is 0 Å². The first-order chi connectivity index (χ1) is 10.5. The zero-order chi connectivity index (χ0) is 16.3. The van der Waals surface area contributed by atoms with E-state index in [1.54, 1.807) is 0 Å². The maximum Gasteiger partial charge on any atom is 0.273 e. The summed E-state index contributed by atoms with van der Waals surface area (Å²) in [6.45, 7) is 2.36. The molecule has 116 valence electrons. The monoisotopic (exact) mass is 322 g/mol. The first-order valence-corrected chi connectivity index (χ1v) is 7.36. The first kappa shape index (κ1) is 16.2. The third kappa shape index (κ3) is 3.01. The number of imide groups is 1. The topological polar surface area (TPSA) is 80.5 Å². The van der Waals surface area contributed by atoms with E-state index in [1.165, 1.54) is 24.3 Å². The average Bonchev–Trinajstić information content (AvgIpc) is 2.71. The predicted molar refractivity (Wildman–Crippen MR) is 82.1 cm³/mol. The number of carbonyl (C=O) groups excluding carboxylic acids is 2. The Labute approximate surface area is 132 Å². The Kier molecular flexibility index (Phi) is 4.92. The van der Waals surface area contributed by atoms with Gasteiger partial charge in [-0.25, -0.2) is 0 Å². The van der Waals surface area contributed by atoms with Gasteiger partial charge in [0.15, 0.2) is 0 Å². The standard InChI is InChI=1S/C15H15ClN2O4/c1-2-3-4-9-17-14(19)12(13(16)15(17)20)10-5-7-11(8-6-10)18(21)22/h5-8H,2-4,9H2,1H3. The molecule has 0 fully saturated rings. The van der Waals surface area contributed by atoms with Crippen molar-refractivity contribution in [1.29, 1.82) is 0 Å². The minimum atomic E-state index is -0.529. The lowest BCUT2D eigenvalue weighted by Crippen LogP contribution is -2.32. The van der Waals surface area contributed by atoms with Crippen LogP contribution in [-0.4, -0.2) is 28.2 Å². The van der Waals surface area contributed by atoms with E-state index in [4.69, 9.17) is 11.6 Å². The number of unbranched alkanes of at least 4 members (excludes halogenated alkanes) is 2. The van der Waals surface area contributed by atoms with Crippen molar-refractivity contribution in [1.82, 2.24) is 4.90 Å².